The van der Waals surface area contributed by atoms with Crippen LogP contribution in [0.3, 0.4) is 0 Å². The molecule has 1 aromatic rings. The van der Waals surface area contributed by atoms with Gasteiger partial charge in [0.1, 0.15) is 11.6 Å². The fraction of sp³-hybridized carbons (Fsp3) is 0.0714. The van der Waals surface area contributed by atoms with Crippen molar-refractivity contribution in [1.82, 2.24) is 0 Å². The molecule has 22 heavy (non-hydrogen) atoms. The van der Waals surface area contributed by atoms with Gasteiger partial charge in [-0.1, -0.05) is 11.6 Å². The van der Waals surface area contributed by atoms with Crippen LogP contribution in [0.5, 0.6) is 5.75 Å². The fourth-order valence-corrected chi connectivity index (χ4v) is 4.05. The molecule has 1 aliphatic carbocycles. The summed E-state index contributed by atoms with van der Waals surface area (Å²) >= 11 is 9.86. The van der Waals surface area contributed by atoms with Crippen LogP contribution in [0.4, 0.5) is 4.39 Å². The molecule has 0 aromatic heterocycles. The minimum Gasteiger partial charge on any atom is -0.452 e. The number of rotatable bonds is 2. The number of carbonyl (C=O) groups excluding carboxylic acids is 3. The third kappa shape index (κ3) is 2.53. The van der Waals surface area contributed by atoms with E-state index in [0.717, 1.165) is 23.9 Å². The minimum atomic E-state index is -0.895. The molecule has 1 heterocycles. The molecule has 112 valence electrons. The zero-order valence-corrected chi connectivity index (χ0v) is 13.8. The Balaban J connectivity index is 2.07. The van der Waals surface area contributed by atoms with Gasteiger partial charge in [-0.3, -0.25) is 14.4 Å². The maximum atomic E-state index is 13.3. The second kappa shape index (κ2) is 5.64. The van der Waals surface area contributed by atoms with E-state index in [2.05, 4.69) is 15.9 Å². The van der Waals surface area contributed by atoms with Crippen molar-refractivity contribution in [2.24, 2.45) is 0 Å². The standard InChI is InChI=1S/C14H5BrClFO4S/c15-10-9-8(18)4-22-14(9)12(20)11(19)13(10)21-7-2-5(16)1-6(17)3-7/h1-3H,4H2. The number of benzene rings is 1. The van der Waals surface area contributed by atoms with Gasteiger partial charge in [-0.15, -0.1) is 11.8 Å². The molecule has 0 saturated heterocycles. The van der Waals surface area contributed by atoms with E-state index in [9.17, 15) is 18.8 Å². The smallest absolute Gasteiger partial charge is 0.270 e. The third-order valence-electron chi connectivity index (χ3n) is 2.95. The highest BCUT2D eigenvalue weighted by molar-refractivity contribution is 9.12. The Bertz CT molecular complexity index is 795. The van der Waals surface area contributed by atoms with Crippen LogP contribution in [0, 0.1) is 5.82 Å². The van der Waals surface area contributed by atoms with Crippen molar-refractivity contribution in [3.8, 4) is 5.75 Å². The molecule has 0 unspecified atom stereocenters. The van der Waals surface area contributed by atoms with Gasteiger partial charge >= 0.3 is 0 Å². The molecule has 0 atom stereocenters. The second-order valence-corrected chi connectivity index (χ2v) is 6.64. The van der Waals surface area contributed by atoms with Gasteiger partial charge in [0.15, 0.2) is 11.5 Å². The van der Waals surface area contributed by atoms with Crippen LogP contribution in [-0.2, 0) is 14.4 Å². The molecule has 0 bridgehead atoms. The van der Waals surface area contributed by atoms with Crippen molar-refractivity contribution in [2.45, 2.75) is 0 Å². The van der Waals surface area contributed by atoms with E-state index in [1.165, 1.54) is 6.07 Å². The largest absolute Gasteiger partial charge is 0.452 e. The lowest BCUT2D eigenvalue weighted by atomic mass is 10.0. The molecule has 0 N–H and O–H groups in total. The van der Waals surface area contributed by atoms with Crippen LogP contribution >= 0.6 is 39.3 Å². The Hall–Kier alpha value is -1.44. The van der Waals surface area contributed by atoms with E-state index in [1.807, 2.05) is 0 Å². The van der Waals surface area contributed by atoms with E-state index in [0.29, 0.717) is 0 Å². The van der Waals surface area contributed by atoms with Crippen LogP contribution < -0.4 is 4.74 Å². The average molecular weight is 404 g/mol. The normalized spacial score (nSPS) is 18.2. The van der Waals surface area contributed by atoms with Crippen molar-refractivity contribution in [3.05, 3.63) is 49.8 Å². The summed E-state index contributed by atoms with van der Waals surface area (Å²) in [5.74, 6) is -2.91. The number of thioether (sulfide) groups is 1. The molecule has 0 radical (unpaired) electrons. The number of ether oxygens (including phenoxy) is 1. The van der Waals surface area contributed by atoms with Crippen LogP contribution in [0.25, 0.3) is 0 Å². The minimum absolute atomic E-state index is 0.0414. The molecule has 0 amide bonds. The Morgan fingerprint density at radius 3 is 2.59 bits per heavy atom. The van der Waals surface area contributed by atoms with E-state index in [-0.39, 0.29) is 43.0 Å². The predicted octanol–water partition coefficient (Wildman–Crippen LogP) is 3.19. The van der Waals surface area contributed by atoms with Gasteiger partial charge in [0.2, 0.25) is 5.78 Å². The first-order valence-electron chi connectivity index (χ1n) is 5.92. The van der Waals surface area contributed by atoms with E-state index in [4.69, 9.17) is 16.3 Å². The van der Waals surface area contributed by atoms with Gasteiger partial charge in [0.05, 0.1) is 20.7 Å². The van der Waals surface area contributed by atoms with E-state index in [1.54, 1.807) is 0 Å². The van der Waals surface area contributed by atoms with Gasteiger partial charge in [-0.2, -0.15) is 0 Å². The summed E-state index contributed by atoms with van der Waals surface area (Å²) in [7, 11) is 0. The van der Waals surface area contributed by atoms with Gasteiger partial charge in [0.25, 0.3) is 5.78 Å². The molecule has 4 nitrogen and oxygen atoms in total. The van der Waals surface area contributed by atoms with Gasteiger partial charge in [0, 0.05) is 11.1 Å². The number of Topliss-reactive ketones (excluding diaryl/α,β-unsaturated/α-hetero) is 3. The Labute approximate surface area is 141 Å². The SMILES string of the molecule is O=C1CSC2=C1C(Br)=C(Oc1cc(F)cc(Cl)c1)C(=O)C2=O. The summed E-state index contributed by atoms with van der Waals surface area (Å²) in [6.45, 7) is 0. The lowest BCUT2D eigenvalue weighted by molar-refractivity contribution is -0.133. The number of allylic oxidation sites excluding steroid dienone is 4. The van der Waals surface area contributed by atoms with Crippen molar-refractivity contribution >= 4 is 56.6 Å². The van der Waals surface area contributed by atoms with Crippen molar-refractivity contribution in [2.75, 3.05) is 5.75 Å². The first kappa shape index (κ1) is 15.5. The van der Waals surface area contributed by atoms with Crippen LogP contribution in [0.2, 0.25) is 5.02 Å². The van der Waals surface area contributed by atoms with Crippen molar-refractivity contribution in [3.63, 3.8) is 0 Å². The second-order valence-electron chi connectivity index (χ2n) is 4.42. The topological polar surface area (TPSA) is 60.4 Å². The molecule has 1 aromatic carbocycles. The molecular formula is C14H5BrClFO4S. The first-order valence-corrected chi connectivity index (χ1v) is 8.07. The predicted molar refractivity (Wildman–Crippen MR) is 82.5 cm³/mol. The van der Waals surface area contributed by atoms with Crippen LogP contribution in [0.15, 0.2) is 38.9 Å². The number of carbonyl (C=O) groups is 3. The Morgan fingerprint density at radius 2 is 1.91 bits per heavy atom. The quantitative estimate of drug-likeness (QED) is 0.561. The summed E-state index contributed by atoms with van der Waals surface area (Å²) in [5.41, 5.74) is 0.132. The van der Waals surface area contributed by atoms with Crippen molar-refractivity contribution < 1.29 is 23.5 Å². The number of hydrogen-bond acceptors (Lipinski definition) is 5. The summed E-state index contributed by atoms with van der Waals surface area (Å²) < 4.78 is 18.7. The molecule has 1 aliphatic heterocycles. The van der Waals surface area contributed by atoms with E-state index >= 15 is 0 Å². The zero-order chi connectivity index (χ0) is 16.0. The van der Waals surface area contributed by atoms with Gasteiger partial charge in [-0.05, 0) is 28.1 Å². The molecule has 0 saturated carbocycles. The first-order chi connectivity index (χ1) is 10.4. The lowest BCUT2D eigenvalue weighted by Crippen LogP contribution is -2.26. The maximum absolute atomic E-state index is 13.3. The third-order valence-corrected chi connectivity index (χ3v) is 5.01. The molecule has 0 fully saturated rings. The Morgan fingerprint density at radius 1 is 1.18 bits per heavy atom. The fourth-order valence-electron chi connectivity index (χ4n) is 2.03. The average Bonchev–Trinajstić information content (AvgIpc) is 2.82. The van der Waals surface area contributed by atoms with Crippen molar-refractivity contribution in [1.29, 1.82) is 0 Å². The van der Waals surface area contributed by atoms with Crippen LogP contribution in [0.1, 0.15) is 0 Å². The highest BCUT2D eigenvalue weighted by atomic mass is 79.9. The van der Waals surface area contributed by atoms with Gasteiger partial charge < -0.3 is 4.74 Å². The lowest BCUT2D eigenvalue weighted by Gasteiger charge is -2.16. The van der Waals surface area contributed by atoms with Crippen LogP contribution in [-0.4, -0.2) is 23.1 Å². The van der Waals surface area contributed by atoms with E-state index < -0.39 is 17.4 Å². The number of halogens is 3. The molecular weight excluding hydrogens is 399 g/mol. The Kier molecular flexibility index (Phi) is 3.96. The highest BCUT2D eigenvalue weighted by Gasteiger charge is 2.41. The van der Waals surface area contributed by atoms with Gasteiger partial charge in [-0.25, -0.2) is 4.39 Å². The highest BCUT2D eigenvalue weighted by Crippen LogP contribution is 2.42. The summed E-state index contributed by atoms with van der Waals surface area (Å²) in [5, 5.41) is 0.0775. The maximum Gasteiger partial charge on any atom is 0.270 e. The zero-order valence-electron chi connectivity index (χ0n) is 10.6. The summed E-state index contributed by atoms with van der Waals surface area (Å²) in [4.78, 5) is 36.1. The number of ketones is 3. The molecule has 8 heteroatoms. The summed E-state index contributed by atoms with van der Waals surface area (Å²) in [6, 6.07) is 3.39. The summed E-state index contributed by atoms with van der Waals surface area (Å²) in [6.07, 6.45) is 0. The molecule has 3 rings (SSSR count). The number of hydrogen-bond donors (Lipinski definition) is 0. The monoisotopic (exact) mass is 402 g/mol. The molecule has 0 spiro atoms. The molecule has 2 aliphatic rings.